The molecule has 0 N–H and O–H groups in total. The summed E-state index contributed by atoms with van der Waals surface area (Å²) in [6.45, 7) is 0. The zero-order valence-electron chi connectivity index (χ0n) is 15.8. The summed E-state index contributed by atoms with van der Waals surface area (Å²) in [5, 5.41) is 21.7. The van der Waals surface area contributed by atoms with E-state index in [0.29, 0.717) is 0 Å². The molecule has 1 aromatic heterocycles. The molecule has 1 heterocycles. The molecule has 12 heteroatoms. The monoisotopic (exact) mass is 455 g/mol. The van der Waals surface area contributed by atoms with Crippen molar-refractivity contribution in [1.29, 1.82) is 0 Å². The zero-order chi connectivity index (χ0) is 23.0. The second kappa shape index (κ2) is 7.96. The molecule has 0 bridgehead atoms. The number of ether oxygens (including phenoxy) is 1. The van der Waals surface area contributed by atoms with Gasteiger partial charge in [-0.05, 0) is 30.3 Å². The molecule has 11 nitrogen and oxygen atoms in total. The highest BCUT2D eigenvalue weighted by molar-refractivity contribution is 6.32. The fourth-order valence-corrected chi connectivity index (χ4v) is 3.14. The van der Waals surface area contributed by atoms with Gasteiger partial charge in [0.2, 0.25) is 0 Å². The molecule has 32 heavy (non-hydrogen) atoms. The summed E-state index contributed by atoms with van der Waals surface area (Å²) >= 11 is 6.01. The fraction of sp³-hybridized carbons (Fsp3) is 0. The van der Waals surface area contributed by atoms with Crippen LogP contribution in [0.2, 0.25) is 5.02 Å². The van der Waals surface area contributed by atoms with Crippen molar-refractivity contribution >= 4 is 33.9 Å². The maximum Gasteiger partial charge on any atom is 0.426 e. The molecule has 0 fully saturated rings. The van der Waals surface area contributed by atoms with Gasteiger partial charge in [0, 0.05) is 30.3 Å². The molecular weight excluding hydrogens is 446 g/mol. The van der Waals surface area contributed by atoms with Gasteiger partial charge in [-0.3, -0.25) is 25.0 Å². The van der Waals surface area contributed by atoms with Gasteiger partial charge in [-0.15, -0.1) is 0 Å². The zero-order valence-corrected chi connectivity index (χ0v) is 16.5. The van der Waals surface area contributed by atoms with Gasteiger partial charge in [0.05, 0.1) is 25.9 Å². The Balaban J connectivity index is 1.73. The highest BCUT2D eigenvalue weighted by Crippen LogP contribution is 2.33. The molecule has 0 saturated heterocycles. The average molecular weight is 456 g/mol. The summed E-state index contributed by atoms with van der Waals surface area (Å²) in [5.74, 6) is -0.705. The van der Waals surface area contributed by atoms with Crippen molar-refractivity contribution in [3.05, 3.63) is 107 Å². The van der Waals surface area contributed by atoms with Crippen molar-refractivity contribution in [1.82, 2.24) is 4.57 Å². The van der Waals surface area contributed by atoms with Crippen LogP contribution in [0.15, 0.2) is 74.7 Å². The predicted octanol–water partition coefficient (Wildman–Crippen LogP) is 4.21. The van der Waals surface area contributed by atoms with Crippen LogP contribution in [0.4, 0.5) is 11.4 Å². The van der Waals surface area contributed by atoms with Crippen molar-refractivity contribution in [3.8, 4) is 17.2 Å². The first-order valence-corrected chi connectivity index (χ1v) is 9.19. The van der Waals surface area contributed by atoms with E-state index < -0.39 is 21.2 Å². The molecule has 0 aliphatic rings. The smallest absolute Gasteiger partial charge is 0.426 e. The molecule has 0 unspecified atom stereocenters. The number of aromatic nitrogens is 1. The molecular formula is C20H10ClN3O8. The largest absolute Gasteiger partial charge is 0.456 e. The lowest BCUT2D eigenvalue weighted by atomic mass is 10.2. The van der Waals surface area contributed by atoms with Gasteiger partial charge in [-0.2, -0.15) is 0 Å². The quantitative estimate of drug-likeness (QED) is 0.321. The first-order valence-electron chi connectivity index (χ1n) is 8.81. The molecule has 4 aromatic rings. The molecule has 0 aliphatic carbocycles. The minimum atomic E-state index is -0.998. The molecule has 0 spiro atoms. The lowest BCUT2D eigenvalue weighted by Gasteiger charge is -2.09. The molecule has 3 aromatic carbocycles. The first kappa shape index (κ1) is 20.8. The van der Waals surface area contributed by atoms with Gasteiger partial charge in [0.25, 0.3) is 16.9 Å². The van der Waals surface area contributed by atoms with Gasteiger partial charge < -0.3 is 9.15 Å². The Labute approximate surface area is 182 Å². The van der Waals surface area contributed by atoms with E-state index in [1.165, 1.54) is 42.5 Å². The van der Waals surface area contributed by atoms with Crippen LogP contribution in [0, 0.1) is 20.2 Å². The standard InChI is InChI=1S/C20H10ClN3O8/c21-16-9-13(24(29)30)5-8-17(16)31-14-6-7-15-18(10-14)32-20(26)22(19(15)25)11-1-3-12(4-2-11)23(27)28/h1-10H. The van der Waals surface area contributed by atoms with Gasteiger partial charge in [-0.25, -0.2) is 9.36 Å². The molecule has 0 atom stereocenters. The number of nitro groups is 2. The van der Waals surface area contributed by atoms with Gasteiger partial charge >= 0.3 is 5.76 Å². The topological polar surface area (TPSA) is 148 Å². The number of rotatable bonds is 5. The summed E-state index contributed by atoms with van der Waals surface area (Å²) in [7, 11) is 0. The Bertz CT molecular complexity index is 1510. The van der Waals surface area contributed by atoms with E-state index in [9.17, 15) is 29.8 Å². The normalized spacial score (nSPS) is 10.8. The number of nitro benzene ring substituents is 2. The SMILES string of the molecule is O=c1oc2cc(Oc3ccc([N+](=O)[O-])cc3Cl)ccc2c(=O)n1-c1ccc([N+](=O)[O-])cc1. The number of hydrogen-bond donors (Lipinski definition) is 0. The van der Waals surface area contributed by atoms with E-state index in [1.54, 1.807) is 0 Å². The van der Waals surface area contributed by atoms with E-state index in [4.69, 9.17) is 20.8 Å². The van der Waals surface area contributed by atoms with Crippen LogP contribution in [0.1, 0.15) is 0 Å². The summed E-state index contributed by atoms with van der Waals surface area (Å²) < 4.78 is 11.6. The van der Waals surface area contributed by atoms with Crippen LogP contribution in [-0.2, 0) is 0 Å². The second-order valence-corrected chi connectivity index (χ2v) is 6.82. The van der Waals surface area contributed by atoms with Crippen molar-refractivity contribution in [2.75, 3.05) is 0 Å². The first-order chi connectivity index (χ1) is 15.2. The molecule has 0 radical (unpaired) electrons. The van der Waals surface area contributed by atoms with Crippen molar-refractivity contribution < 1.29 is 19.0 Å². The van der Waals surface area contributed by atoms with Crippen LogP contribution in [-0.4, -0.2) is 14.4 Å². The van der Waals surface area contributed by atoms with Gasteiger partial charge in [0.1, 0.15) is 17.1 Å². The Morgan fingerprint density at radius 2 is 1.53 bits per heavy atom. The Kier molecular flexibility index (Phi) is 5.16. The van der Waals surface area contributed by atoms with Gasteiger partial charge in [0.15, 0.2) is 0 Å². The number of benzene rings is 3. The number of hydrogen-bond acceptors (Lipinski definition) is 8. The van der Waals surface area contributed by atoms with Crippen LogP contribution in [0.3, 0.4) is 0 Å². The summed E-state index contributed by atoms with van der Waals surface area (Å²) in [5.41, 5.74) is -1.05. The van der Waals surface area contributed by atoms with Crippen LogP contribution < -0.4 is 16.1 Å². The minimum Gasteiger partial charge on any atom is -0.456 e. The number of halogens is 1. The Morgan fingerprint density at radius 3 is 2.16 bits per heavy atom. The minimum absolute atomic E-state index is 0.00524. The lowest BCUT2D eigenvalue weighted by molar-refractivity contribution is -0.385. The third-order valence-electron chi connectivity index (χ3n) is 4.44. The van der Waals surface area contributed by atoms with Crippen LogP contribution in [0.25, 0.3) is 16.7 Å². The fourth-order valence-electron chi connectivity index (χ4n) is 2.93. The van der Waals surface area contributed by atoms with E-state index in [1.807, 2.05) is 0 Å². The number of fused-ring (bicyclic) bond motifs is 1. The maximum atomic E-state index is 12.8. The second-order valence-electron chi connectivity index (χ2n) is 6.41. The maximum absolute atomic E-state index is 12.8. The van der Waals surface area contributed by atoms with E-state index in [2.05, 4.69) is 0 Å². The van der Waals surface area contributed by atoms with Crippen molar-refractivity contribution in [2.45, 2.75) is 0 Å². The lowest BCUT2D eigenvalue weighted by Crippen LogP contribution is -2.30. The summed E-state index contributed by atoms with van der Waals surface area (Å²) in [4.78, 5) is 45.7. The van der Waals surface area contributed by atoms with E-state index in [0.717, 1.165) is 22.8 Å². The molecule has 4 rings (SSSR count). The molecule has 0 saturated carbocycles. The molecule has 0 aliphatic heterocycles. The summed E-state index contributed by atoms with van der Waals surface area (Å²) in [6.07, 6.45) is 0. The number of non-ortho nitro benzene ring substituents is 2. The Morgan fingerprint density at radius 1 is 0.875 bits per heavy atom. The van der Waals surface area contributed by atoms with Crippen molar-refractivity contribution in [3.63, 3.8) is 0 Å². The average Bonchev–Trinajstić information content (AvgIpc) is 2.75. The van der Waals surface area contributed by atoms with E-state index in [-0.39, 0.29) is 44.6 Å². The predicted molar refractivity (Wildman–Crippen MR) is 113 cm³/mol. The third kappa shape index (κ3) is 3.79. The van der Waals surface area contributed by atoms with Crippen LogP contribution >= 0.6 is 11.6 Å². The Hall–Kier alpha value is -4.51. The van der Waals surface area contributed by atoms with Gasteiger partial charge in [-0.1, -0.05) is 11.6 Å². The highest BCUT2D eigenvalue weighted by atomic mass is 35.5. The van der Waals surface area contributed by atoms with Crippen LogP contribution in [0.5, 0.6) is 11.5 Å². The molecule has 0 amide bonds. The number of nitrogens with zero attached hydrogens (tertiary/aromatic N) is 3. The molecule has 160 valence electrons. The third-order valence-corrected chi connectivity index (χ3v) is 4.73. The summed E-state index contributed by atoms with van der Waals surface area (Å²) in [6, 6.07) is 12.6. The van der Waals surface area contributed by atoms with E-state index >= 15 is 0 Å². The van der Waals surface area contributed by atoms with Crippen molar-refractivity contribution in [2.24, 2.45) is 0 Å². The highest BCUT2D eigenvalue weighted by Gasteiger charge is 2.15.